The summed E-state index contributed by atoms with van der Waals surface area (Å²) in [5.41, 5.74) is 4.78. The van der Waals surface area contributed by atoms with Crippen LogP contribution in [-0.4, -0.2) is 71.9 Å². The van der Waals surface area contributed by atoms with Crippen molar-refractivity contribution in [3.63, 3.8) is 0 Å². The lowest BCUT2D eigenvalue weighted by Gasteiger charge is -2.21. The van der Waals surface area contributed by atoms with Crippen LogP contribution in [0.4, 0.5) is 0 Å². The zero-order valence-corrected chi connectivity index (χ0v) is 49.6. The van der Waals surface area contributed by atoms with Crippen molar-refractivity contribution in [3.8, 4) is 0 Å². The molecule has 0 bridgehead atoms. The van der Waals surface area contributed by atoms with Crippen molar-refractivity contribution in [2.75, 3.05) is 33.7 Å². The van der Waals surface area contributed by atoms with Gasteiger partial charge in [-0.15, -0.1) is 0 Å². The Morgan fingerprint density at radius 3 is 1.23 bits per heavy atom. The first-order valence-corrected chi connectivity index (χ1v) is 28.8. The molecule has 7 aliphatic rings. The Bertz CT molecular complexity index is 1130. The average molecular weight is 979 g/mol. The highest BCUT2D eigenvalue weighted by Gasteiger charge is 2.17. The SMILES string of the molecule is C.C=C1CCCCC1.C=C1CCCCC1=O.CC.CC.CC.CC.CC.CC.CC.CC1=CC=CCC1.CC1CCCC/C1=N/O.CC1CCCCC1=O.CN1CCCCC1.CN1CCCCC1=O. The Kier molecular flexibility index (Phi) is 83.6. The van der Waals surface area contributed by atoms with E-state index >= 15 is 0 Å². The summed E-state index contributed by atoms with van der Waals surface area (Å²) < 4.78 is 0. The summed E-state index contributed by atoms with van der Waals surface area (Å²) in [6.07, 6.45) is 36.0. The Hall–Kier alpha value is -2.80. The van der Waals surface area contributed by atoms with E-state index in [2.05, 4.69) is 62.3 Å². The van der Waals surface area contributed by atoms with Crippen molar-refractivity contribution in [1.82, 2.24) is 9.80 Å². The van der Waals surface area contributed by atoms with Crippen LogP contribution in [0.5, 0.6) is 0 Å². The van der Waals surface area contributed by atoms with E-state index in [1.165, 1.54) is 121 Å². The monoisotopic (exact) mass is 978 g/mol. The van der Waals surface area contributed by atoms with Crippen LogP contribution < -0.4 is 0 Å². The van der Waals surface area contributed by atoms with Crippen molar-refractivity contribution in [2.24, 2.45) is 17.0 Å². The van der Waals surface area contributed by atoms with Crippen LogP contribution >= 0.6 is 0 Å². The second-order valence-electron chi connectivity index (χ2n) is 16.5. The molecule has 1 N–H and O–H groups in total. The summed E-state index contributed by atoms with van der Waals surface area (Å²) in [7, 11) is 4.06. The molecule has 7 nitrogen and oxygen atoms in total. The Morgan fingerprint density at radius 2 is 0.971 bits per heavy atom. The third-order valence-electron chi connectivity index (χ3n) is 11.3. The van der Waals surface area contributed by atoms with Gasteiger partial charge >= 0.3 is 0 Å². The van der Waals surface area contributed by atoms with Crippen molar-refractivity contribution in [2.45, 2.75) is 286 Å². The molecule has 0 spiro atoms. The fraction of sp³-hybridized carbons (Fsp3) is 0.806. The van der Waals surface area contributed by atoms with E-state index in [-0.39, 0.29) is 13.2 Å². The third-order valence-corrected chi connectivity index (χ3v) is 11.3. The number of oxime groups is 1. The molecule has 0 aromatic rings. The molecule has 6 fully saturated rings. The summed E-state index contributed by atoms with van der Waals surface area (Å²) in [5, 5.41) is 11.7. The van der Waals surface area contributed by atoms with Gasteiger partial charge in [0.2, 0.25) is 5.91 Å². The molecule has 414 valence electrons. The maximum atomic E-state index is 10.8. The number of allylic oxidation sites excluding steroid dienone is 6. The molecule has 69 heavy (non-hydrogen) atoms. The number of hydrogen-bond acceptors (Lipinski definition) is 6. The minimum absolute atomic E-state index is 0. The van der Waals surface area contributed by atoms with Gasteiger partial charge in [0.15, 0.2) is 5.78 Å². The number of rotatable bonds is 0. The predicted octanol–water partition coefficient (Wildman–Crippen LogP) is 19.8. The summed E-state index contributed by atoms with van der Waals surface area (Å²) in [5.74, 6) is 1.93. The molecule has 0 aromatic heterocycles. The molecule has 7 heteroatoms. The zero-order valence-electron chi connectivity index (χ0n) is 49.6. The standard InChI is InChI=1S/C7H13NO.C7H12O.C7H10O.C7H12.C7H10.C6H11NO.C6H13N.7C2H6.CH4/c1-6-4-2-3-5-7(6)8-9;2*1-6-4-2-3-5-7(6)8;2*1-7-5-3-2-4-6-7;1-7-5-3-2-4-6(7)8;1-7-5-3-2-4-6-7;7*1-2;/h6,9H,2-5H2,1H3;6H,2-5H2,1H3;1-5H2;1-6H2;2-3,5H,4,6H2,1H3;2-5H2,1H3;2-6H2,1H3;7*1-2H3;1H4/b8-7-;;;;;;;;;;;;;;. The van der Waals surface area contributed by atoms with Gasteiger partial charge in [-0.1, -0.05) is 192 Å². The van der Waals surface area contributed by atoms with Gasteiger partial charge in [0.1, 0.15) is 5.78 Å². The van der Waals surface area contributed by atoms with Gasteiger partial charge in [0, 0.05) is 38.8 Å². The minimum atomic E-state index is 0. The van der Waals surface area contributed by atoms with Gasteiger partial charge in [-0.25, -0.2) is 0 Å². The van der Waals surface area contributed by atoms with Crippen LogP contribution in [0.25, 0.3) is 0 Å². The van der Waals surface area contributed by atoms with E-state index in [0.29, 0.717) is 23.5 Å². The summed E-state index contributed by atoms with van der Waals surface area (Å²) in [6, 6.07) is 0. The Morgan fingerprint density at radius 1 is 0.536 bits per heavy atom. The summed E-state index contributed by atoms with van der Waals surface area (Å²) in [6.45, 7) is 45.5. The Balaban J connectivity index is -0.000000100. The molecule has 1 amide bonds. The van der Waals surface area contributed by atoms with Gasteiger partial charge in [-0.2, -0.15) is 0 Å². The normalized spacial score (nSPS) is 20.3. The lowest BCUT2D eigenvalue weighted by Crippen LogP contribution is -2.31. The minimum Gasteiger partial charge on any atom is -0.411 e. The summed E-state index contributed by atoms with van der Waals surface area (Å²) in [4.78, 5) is 36.4. The fourth-order valence-corrected chi connectivity index (χ4v) is 7.18. The number of nitrogens with zero attached hydrogens (tertiary/aromatic N) is 3. The van der Waals surface area contributed by atoms with Crippen LogP contribution in [0.3, 0.4) is 0 Å². The maximum absolute atomic E-state index is 10.8. The van der Waals surface area contributed by atoms with Gasteiger partial charge in [-0.05, 0) is 154 Å². The number of carbonyl (C=O) groups is 3. The van der Waals surface area contributed by atoms with E-state index in [1.807, 2.05) is 111 Å². The molecule has 7 rings (SSSR count). The van der Waals surface area contributed by atoms with Crippen LogP contribution in [0, 0.1) is 11.8 Å². The first-order valence-electron chi connectivity index (χ1n) is 28.8. The van der Waals surface area contributed by atoms with Crippen molar-refractivity contribution in [3.05, 3.63) is 48.1 Å². The molecule has 4 saturated carbocycles. The number of hydrogen-bond donors (Lipinski definition) is 1. The van der Waals surface area contributed by atoms with E-state index in [1.54, 1.807) is 4.90 Å². The van der Waals surface area contributed by atoms with Crippen molar-refractivity contribution >= 4 is 23.2 Å². The highest BCUT2D eigenvalue weighted by Crippen LogP contribution is 2.22. The smallest absolute Gasteiger partial charge is 0.222 e. The lowest BCUT2D eigenvalue weighted by molar-refractivity contribution is -0.131. The largest absolute Gasteiger partial charge is 0.411 e. The third kappa shape index (κ3) is 57.7. The van der Waals surface area contributed by atoms with Crippen molar-refractivity contribution in [1.29, 1.82) is 0 Å². The predicted molar refractivity (Wildman–Crippen MR) is 315 cm³/mol. The van der Waals surface area contributed by atoms with Gasteiger partial charge in [-0.3, -0.25) is 14.4 Å². The summed E-state index contributed by atoms with van der Waals surface area (Å²) >= 11 is 0. The quantitative estimate of drug-likeness (QED) is 0.113. The number of carbonyl (C=O) groups excluding carboxylic acids is 3. The molecule has 2 saturated heterocycles. The second-order valence-corrected chi connectivity index (χ2v) is 16.5. The number of ketones is 2. The van der Waals surface area contributed by atoms with Gasteiger partial charge < -0.3 is 15.0 Å². The van der Waals surface area contributed by atoms with Crippen LogP contribution in [0.2, 0.25) is 0 Å². The first kappa shape index (κ1) is 83.1. The molecule has 2 atom stereocenters. The lowest BCUT2D eigenvalue weighted by atomic mass is 9.89. The number of amides is 1. The fourth-order valence-electron chi connectivity index (χ4n) is 7.18. The molecular formula is C62H127N3O4. The maximum Gasteiger partial charge on any atom is 0.222 e. The van der Waals surface area contributed by atoms with Gasteiger partial charge in [0.25, 0.3) is 0 Å². The highest BCUT2D eigenvalue weighted by atomic mass is 16.4. The number of piperidine rings is 2. The number of Topliss-reactive ketones (excluding diaryl/α,β-unsaturated/α-hetero) is 2. The second kappa shape index (κ2) is 69.5. The van der Waals surface area contributed by atoms with Crippen LogP contribution in [-0.2, 0) is 14.4 Å². The van der Waals surface area contributed by atoms with E-state index in [4.69, 9.17) is 5.21 Å². The molecule has 0 aromatic carbocycles. The topological polar surface area (TPSA) is 90.3 Å². The van der Waals surface area contributed by atoms with Crippen LogP contribution in [0.1, 0.15) is 286 Å². The van der Waals surface area contributed by atoms with Gasteiger partial charge in [0.05, 0.1) is 5.71 Å². The van der Waals surface area contributed by atoms with E-state index < -0.39 is 0 Å². The van der Waals surface area contributed by atoms with E-state index in [0.717, 1.165) is 82.0 Å². The highest BCUT2D eigenvalue weighted by molar-refractivity contribution is 5.95. The van der Waals surface area contributed by atoms with Crippen LogP contribution in [0.15, 0.2) is 53.3 Å². The molecule has 0 radical (unpaired) electrons. The zero-order chi connectivity index (χ0) is 54.0. The molecule has 5 aliphatic carbocycles. The van der Waals surface area contributed by atoms with E-state index in [9.17, 15) is 14.4 Å². The average Bonchev–Trinajstić information content (AvgIpc) is 3.40. The molecular weight excluding hydrogens is 851 g/mol. The van der Waals surface area contributed by atoms with Crippen molar-refractivity contribution < 1.29 is 19.6 Å². The molecule has 2 aliphatic heterocycles. The first-order chi connectivity index (χ1) is 32.9. The Labute approximate surface area is 435 Å². The number of likely N-dealkylation sites (tertiary alicyclic amines) is 2. The molecule has 2 heterocycles. The molecule has 2 unspecified atom stereocenters.